The maximum atomic E-state index is 16.5. The molecule has 0 aliphatic carbocycles. The number of piperidine rings is 1. The van der Waals surface area contributed by atoms with Gasteiger partial charge in [0.25, 0.3) is 0 Å². The Labute approximate surface area is 258 Å². The fraction of sp³-hybridized carbons (Fsp3) is 0.424. The first-order chi connectivity index (χ1) is 21.8. The Morgan fingerprint density at radius 2 is 1.96 bits per heavy atom. The van der Waals surface area contributed by atoms with Crippen molar-refractivity contribution in [1.29, 1.82) is 5.26 Å². The first kappa shape index (κ1) is 30.5. The van der Waals surface area contributed by atoms with Crippen LogP contribution in [0.4, 0.5) is 13.2 Å². The fourth-order valence-corrected chi connectivity index (χ4v) is 6.67. The summed E-state index contributed by atoms with van der Waals surface area (Å²) in [5.41, 5.74) is 2.51. The van der Waals surface area contributed by atoms with Gasteiger partial charge in [-0.25, -0.2) is 22.8 Å². The highest BCUT2D eigenvalue weighted by Gasteiger charge is 2.34. The Bertz CT molecular complexity index is 1800. The summed E-state index contributed by atoms with van der Waals surface area (Å²) in [7, 11) is 2.04. The number of nitriles is 1. The highest BCUT2D eigenvalue weighted by molar-refractivity contribution is 6.06. The van der Waals surface area contributed by atoms with Gasteiger partial charge in [0.05, 0.1) is 18.5 Å². The van der Waals surface area contributed by atoms with E-state index in [4.69, 9.17) is 4.74 Å². The number of likely N-dealkylation sites (tertiary alicyclic amines) is 2. The van der Waals surface area contributed by atoms with Crippen LogP contribution in [0.3, 0.4) is 0 Å². The van der Waals surface area contributed by atoms with Crippen molar-refractivity contribution in [2.75, 3.05) is 33.4 Å². The highest BCUT2D eigenvalue weighted by atomic mass is 19.1. The molecule has 12 heteroatoms. The van der Waals surface area contributed by atoms with Crippen LogP contribution in [0.5, 0.6) is 5.88 Å². The zero-order chi connectivity index (χ0) is 31.7. The second-order valence-electron chi connectivity index (χ2n) is 11.8. The van der Waals surface area contributed by atoms with Gasteiger partial charge in [-0.05, 0) is 81.6 Å². The minimum Gasteiger partial charge on any atom is -0.474 e. The van der Waals surface area contributed by atoms with Crippen molar-refractivity contribution >= 4 is 27.8 Å². The van der Waals surface area contributed by atoms with E-state index in [2.05, 4.69) is 26.3 Å². The molecule has 2 saturated heterocycles. The maximum absolute atomic E-state index is 16.5. The molecule has 1 amide bonds. The number of likely N-dealkylation sites (N-methyl/N-ethyl adjacent to an activating group) is 1. The number of amides is 1. The number of carbonyl (C=O) groups excluding carboxylic acids is 1. The number of benzene rings is 2. The molecule has 45 heavy (non-hydrogen) atoms. The molecule has 6 rings (SSSR count). The summed E-state index contributed by atoms with van der Waals surface area (Å²) >= 11 is 0. The van der Waals surface area contributed by atoms with Gasteiger partial charge in [-0.3, -0.25) is 4.79 Å². The van der Waals surface area contributed by atoms with Gasteiger partial charge in [0.1, 0.15) is 30.1 Å². The molecule has 234 valence electrons. The molecule has 2 fully saturated rings. The summed E-state index contributed by atoms with van der Waals surface area (Å²) < 4.78 is 50.9. The summed E-state index contributed by atoms with van der Waals surface area (Å²) in [6, 6.07) is 9.17. The van der Waals surface area contributed by atoms with Crippen molar-refractivity contribution < 1.29 is 22.7 Å². The molecule has 0 spiro atoms. The average molecular weight is 618 g/mol. The van der Waals surface area contributed by atoms with Gasteiger partial charge in [-0.2, -0.15) is 5.26 Å². The number of fused-ring (bicyclic) bond motifs is 3. The number of carbonyl (C=O) groups is 1. The number of ether oxygens (including phenoxy) is 1. The van der Waals surface area contributed by atoms with Crippen molar-refractivity contribution in [1.82, 2.24) is 29.8 Å². The smallest absolute Gasteiger partial charge is 0.246 e. The largest absolute Gasteiger partial charge is 0.474 e. The van der Waals surface area contributed by atoms with E-state index in [1.165, 1.54) is 30.3 Å². The van der Waals surface area contributed by atoms with Crippen LogP contribution in [0.15, 0.2) is 42.5 Å². The molecule has 0 radical (unpaired) electrons. The van der Waals surface area contributed by atoms with Gasteiger partial charge in [-0.1, -0.05) is 17.3 Å². The molecule has 4 aromatic rings. The monoisotopic (exact) mass is 617 g/mol. The molecule has 0 bridgehead atoms. The van der Waals surface area contributed by atoms with Gasteiger partial charge in [-0.15, -0.1) is 5.10 Å². The second kappa shape index (κ2) is 12.9. The van der Waals surface area contributed by atoms with E-state index in [1.54, 1.807) is 16.5 Å². The minimum atomic E-state index is -0.753. The number of aromatic nitrogens is 4. The molecule has 0 saturated carbocycles. The topological polar surface area (TPSA) is 100 Å². The van der Waals surface area contributed by atoms with E-state index in [0.717, 1.165) is 25.5 Å². The second-order valence-corrected chi connectivity index (χ2v) is 11.8. The fourth-order valence-electron chi connectivity index (χ4n) is 6.67. The maximum Gasteiger partial charge on any atom is 0.246 e. The third-order valence-corrected chi connectivity index (χ3v) is 9.01. The molecule has 2 aromatic carbocycles. The van der Waals surface area contributed by atoms with Gasteiger partial charge in [0.2, 0.25) is 11.8 Å². The van der Waals surface area contributed by atoms with Crippen LogP contribution >= 0.6 is 0 Å². The Morgan fingerprint density at radius 1 is 1.16 bits per heavy atom. The van der Waals surface area contributed by atoms with Crippen molar-refractivity contribution in [3.05, 3.63) is 59.7 Å². The zero-order valence-electron chi connectivity index (χ0n) is 25.2. The minimum absolute atomic E-state index is 0.0864. The standard InChI is InChI=1S/C33H34F3N7O2/c1-20-17-26-30(29(36)28(20)21-7-9-22(35)10-8-21)38-33(45-19-25-5-4-15-41(25)2)31-32(26)43(40-39-31)24-12-16-42(23(18-24)11-14-37)27(44)6-3-13-34/h3,6-10,17,23-25H,4-5,11-13,15-16,18-19H2,1-2H3/b6-3+/t23-,24+,25+/m1/s1. The number of rotatable bonds is 8. The quantitative estimate of drug-likeness (QED) is 0.235. The molecule has 2 aliphatic rings. The van der Waals surface area contributed by atoms with Crippen LogP contribution < -0.4 is 4.74 Å². The van der Waals surface area contributed by atoms with Crippen LogP contribution in [-0.2, 0) is 4.79 Å². The number of hydrogen-bond donors (Lipinski definition) is 0. The Kier molecular flexibility index (Phi) is 8.72. The lowest BCUT2D eigenvalue weighted by Crippen LogP contribution is -2.46. The predicted octanol–water partition coefficient (Wildman–Crippen LogP) is 5.68. The van der Waals surface area contributed by atoms with Crippen LogP contribution in [0.2, 0.25) is 0 Å². The van der Waals surface area contributed by atoms with E-state index in [1.807, 2.05) is 13.1 Å². The summed E-state index contributed by atoms with van der Waals surface area (Å²) in [5, 5.41) is 19.0. The lowest BCUT2D eigenvalue weighted by Gasteiger charge is -2.38. The van der Waals surface area contributed by atoms with Crippen molar-refractivity contribution in [3.63, 3.8) is 0 Å². The molecular weight excluding hydrogens is 583 g/mol. The number of alkyl halides is 1. The van der Waals surface area contributed by atoms with Gasteiger partial charge >= 0.3 is 0 Å². The van der Waals surface area contributed by atoms with Crippen molar-refractivity contribution in [2.24, 2.45) is 0 Å². The summed E-state index contributed by atoms with van der Waals surface area (Å²) in [6.45, 7) is 2.69. The number of halogens is 3. The molecule has 9 nitrogen and oxygen atoms in total. The summed E-state index contributed by atoms with van der Waals surface area (Å²) in [5.74, 6) is -1.14. The van der Waals surface area contributed by atoms with Crippen molar-refractivity contribution in [3.8, 4) is 23.1 Å². The number of pyridine rings is 1. The molecule has 4 heterocycles. The third-order valence-electron chi connectivity index (χ3n) is 9.01. The van der Waals surface area contributed by atoms with Crippen molar-refractivity contribution in [2.45, 2.75) is 57.2 Å². The molecule has 3 atom stereocenters. The van der Waals surface area contributed by atoms with E-state index < -0.39 is 24.4 Å². The molecular formula is C33H34F3N7O2. The average Bonchev–Trinajstić information content (AvgIpc) is 3.66. The van der Waals surface area contributed by atoms with E-state index >= 15 is 4.39 Å². The number of nitrogens with zero attached hydrogens (tertiary/aromatic N) is 7. The van der Waals surface area contributed by atoms with Gasteiger partial charge in [0.15, 0.2) is 11.3 Å². The molecule has 0 unspecified atom stereocenters. The van der Waals surface area contributed by atoms with Gasteiger partial charge < -0.3 is 14.5 Å². The summed E-state index contributed by atoms with van der Waals surface area (Å²) in [6.07, 6.45) is 5.39. The lowest BCUT2D eigenvalue weighted by molar-refractivity contribution is -0.130. The van der Waals surface area contributed by atoms with Crippen LogP contribution in [0.1, 0.15) is 43.7 Å². The SMILES string of the molecule is Cc1cc2c(nc(OC[C@@H]3CCCN3C)c3nnn([C@H]4CCN(C(=O)/C=C/CF)[C@H](CC#N)C4)c32)c(F)c1-c1ccc(F)cc1. The van der Waals surface area contributed by atoms with Crippen LogP contribution in [-0.4, -0.2) is 81.2 Å². The lowest BCUT2D eigenvalue weighted by atomic mass is 9.94. The highest BCUT2D eigenvalue weighted by Crippen LogP contribution is 2.39. The third kappa shape index (κ3) is 5.84. The van der Waals surface area contributed by atoms with Crippen LogP contribution in [0.25, 0.3) is 33.1 Å². The Balaban J connectivity index is 1.46. The number of allylic oxidation sites excluding steroid dienone is 1. The predicted molar refractivity (Wildman–Crippen MR) is 163 cm³/mol. The first-order valence-corrected chi connectivity index (χ1v) is 15.2. The van der Waals surface area contributed by atoms with E-state index in [-0.39, 0.29) is 35.8 Å². The first-order valence-electron chi connectivity index (χ1n) is 15.2. The number of aryl methyl sites for hydroxylation is 1. The van der Waals surface area contributed by atoms with E-state index in [9.17, 15) is 18.8 Å². The Morgan fingerprint density at radius 3 is 2.67 bits per heavy atom. The molecule has 2 aromatic heterocycles. The Hall–Kier alpha value is -4.50. The zero-order valence-corrected chi connectivity index (χ0v) is 25.2. The summed E-state index contributed by atoms with van der Waals surface area (Å²) in [4.78, 5) is 21.2. The van der Waals surface area contributed by atoms with Crippen LogP contribution in [0, 0.1) is 29.9 Å². The number of hydrogen-bond acceptors (Lipinski definition) is 7. The molecule has 2 aliphatic heterocycles. The molecule has 0 N–H and O–H groups in total. The van der Waals surface area contributed by atoms with Gasteiger partial charge in [0, 0.05) is 35.7 Å². The van der Waals surface area contributed by atoms with E-state index in [0.29, 0.717) is 59.1 Å². The normalized spacial score (nSPS) is 20.8.